The highest BCUT2D eigenvalue weighted by Crippen LogP contribution is 2.37. The van der Waals surface area contributed by atoms with Crippen LogP contribution < -0.4 is 10.6 Å². The Bertz CT molecular complexity index is 939. The van der Waals surface area contributed by atoms with Gasteiger partial charge in [-0.05, 0) is 61.6 Å². The van der Waals surface area contributed by atoms with Crippen LogP contribution in [0, 0.1) is 11.3 Å². The van der Waals surface area contributed by atoms with Gasteiger partial charge in [0.15, 0.2) is 0 Å². The van der Waals surface area contributed by atoms with Gasteiger partial charge in [0, 0.05) is 50.0 Å². The van der Waals surface area contributed by atoms with Crippen LogP contribution in [0.3, 0.4) is 0 Å². The zero-order chi connectivity index (χ0) is 26.5. The van der Waals surface area contributed by atoms with Crippen LogP contribution >= 0.6 is 0 Å². The van der Waals surface area contributed by atoms with Crippen molar-refractivity contribution < 1.29 is 32.7 Å². The van der Waals surface area contributed by atoms with Gasteiger partial charge in [0.05, 0.1) is 0 Å². The van der Waals surface area contributed by atoms with Crippen molar-refractivity contribution in [3.8, 4) is 0 Å². The monoisotopic (exact) mass is 512 g/mol. The van der Waals surface area contributed by atoms with Gasteiger partial charge in [-0.3, -0.25) is 4.79 Å². The molecule has 4 rings (SSSR count). The molecule has 0 radical (unpaired) electrons. The largest absolute Gasteiger partial charge is 0.490 e. The summed E-state index contributed by atoms with van der Waals surface area (Å²) in [5.74, 6) is -2.04. The van der Waals surface area contributed by atoms with Crippen LogP contribution in [0.4, 0.5) is 23.7 Å². The number of hydrogen-bond acceptors (Lipinski definition) is 4. The fraction of sp³-hybridized carbons (Fsp3) is 0.640. The van der Waals surface area contributed by atoms with E-state index in [0.29, 0.717) is 28.6 Å². The van der Waals surface area contributed by atoms with Crippen molar-refractivity contribution >= 4 is 23.6 Å². The standard InChI is InChI=1S/C23H34N4O2.C2HF3O2/c1-23(2)16-24-20(23)17-9-13-27(14-10-17)22(29)25-19-8-6-7-18(15-19)21(28)26-11-4-3-5-12-26;3-2(4,5)1(6)7/h6-8,15,17,20,24H,3-5,9-14,16H2,1-2H3,(H,25,29);(H,6,7). The first-order valence-corrected chi connectivity index (χ1v) is 12.4. The molecule has 1 atom stereocenters. The molecule has 3 fully saturated rings. The van der Waals surface area contributed by atoms with E-state index in [9.17, 15) is 22.8 Å². The lowest BCUT2D eigenvalue weighted by atomic mass is 9.68. The predicted octanol–water partition coefficient (Wildman–Crippen LogP) is 4.19. The average molecular weight is 513 g/mol. The number of carboxylic acids is 1. The molecule has 3 aliphatic rings. The number of carboxylic acid groups (broad SMARTS) is 1. The molecular formula is C25H35F3N4O4. The number of anilines is 1. The Morgan fingerprint density at radius 1 is 1.03 bits per heavy atom. The number of aliphatic carboxylic acids is 1. The first-order chi connectivity index (χ1) is 16.9. The number of nitrogens with zero attached hydrogens (tertiary/aromatic N) is 2. The second kappa shape index (κ2) is 11.5. The van der Waals surface area contributed by atoms with Crippen LogP contribution in [-0.2, 0) is 4.79 Å². The van der Waals surface area contributed by atoms with E-state index in [-0.39, 0.29) is 11.9 Å². The summed E-state index contributed by atoms with van der Waals surface area (Å²) in [6.07, 6.45) is 0.353. The van der Waals surface area contributed by atoms with E-state index >= 15 is 0 Å². The molecule has 0 spiro atoms. The third-order valence-corrected chi connectivity index (χ3v) is 7.16. The number of carbonyl (C=O) groups is 3. The minimum atomic E-state index is -5.08. The highest BCUT2D eigenvalue weighted by molar-refractivity contribution is 5.97. The van der Waals surface area contributed by atoms with E-state index in [4.69, 9.17) is 9.90 Å². The van der Waals surface area contributed by atoms with Crippen molar-refractivity contribution in [2.45, 2.75) is 58.2 Å². The summed E-state index contributed by atoms with van der Waals surface area (Å²) < 4.78 is 31.7. The number of likely N-dealkylation sites (tertiary alicyclic amines) is 2. The Balaban J connectivity index is 0.000000454. The quantitative estimate of drug-likeness (QED) is 0.564. The summed E-state index contributed by atoms with van der Waals surface area (Å²) in [5.41, 5.74) is 1.72. The molecule has 1 aromatic rings. The molecule has 1 aromatic carbocycles. The maximum absolute atomic E-state index is 12.7. The molecular weight excluding hydrogens is 477 g/mol. The van der Waals surface area contributed by atoms with Gasteiger partial charge in [0.1, 0.15) is 0 Å². The molecule has 3 saturated heterocycles. The SMILES string of the molecule is CC1(C)CNC1C1CCN(C(=O)Nc2cccc(C(=O)N3CCCCC3)c2)CC1.O=C(O)C(F)(F)F. The Hall–Kier alpha value is -2.82. The highest BCUT2D eigenvalue weighted by Gasteiger charge is 2.44. The molecule has 3 N–H and O–H groups in total. The zero-order valence-corrected chi connectivity index (χ0v) is 20.7. The third-order valence-electron chi connectivity index (χ3n) is 7.16. The molecule has 0 bridgehead atoms. The number of piperidine rings is 2. The van der Waals surface area contributed by atoms with E-state index in [0.717, 1.165) is 58.4 Å². The van der Waals surface area contributed by atoms with Crippen LogP contribution in [0.1, 0.15) is 56.3 Å². The Labute approximate surface area is 209 Å². The second-order valence-corrected chi connectivity index (χ2v) is 10.3. The van der Waals surface area contributed by atoms with Crippen molar-refractivity contribution in [1.29, 1.82) is 0 Å². The number of rotatable bonds is 3. The number of hydrogen-bond donors (Lipinski definition) is 3. The topological polar surface area (TPSA) is 102 Å². The summed E-state index contributed by atoms with van der Waals surface area (Å²) in [5, 5.41) is 13.7. The van der Waals surface area contributed by atoms with E-state index in [1.54, 1.807) is 0 Å². The van der Waals surface area contributed by atoms with Crippen molar-refractivity contribution in [1.82, 2.24) is 15.1 Å². The fourth-order valence-corrected chi connectivity index (χ4v) is 5.08. The highest BCUT2D eigenvalue weighted by atomic mass is 19.4. The van der Waals surface area contributed by atoms with E-state index in [2.05, 4.69) is 24.5 Å². The van der Waals surface area contributed by atoms with Gasteiger partial charge in [-0.1, -0.05) is 19.9 Å². The number of amides is 3. The number of carbonyl (C=O) groups excluding carboxylic acids is 2. The molecule has 3 heterocycles. The van der Waals surface area contributed by atoms with Crippen LogP contribution in [0.15, 0.2) is 24.3 Å². The lowest BCUT2D eigenvalue weighted by molar-refractivity contribution is -0.192. The zero-order valence-electron chi connectivity index (χ0n) is 20.7. The van der Waals surface area contributed by atoms with E-state index < -0.39 is 12.1 Å². The van der Waals surface area contributed by atoms with Crippen LogP contribution in [0.2, 0.25) is 0 Å². The molecule has 36 heavy (non-hydrogen) atoms. The molecule has 3 aliphatic heterocycles. The van der Waals surface area contributed by atoms with Gasteiger partial charge in [-0.15, -0.1) is 0 Å². The van der Waals surface area contributed by atoms with Gasteiger partial charge in [-0.2, -0.15) is 13.2 Å². The average Bonchev–Trinajstić information content (AvgIpc) is 2.84. The summed E-state index contributed by atoms with van der Waals surface area (Å²) >= 11 is 0. The van der Waals surface area contributed by atoms with Gasteiger partial charge in [0.2, 0.25) is 0 Å². The van der Waals surface area contributed by atoms with Crippen molar-refractivity contribution in [3.05, 3.63) is 29.8 Å². The summed E-state index contributed by atoms with van der Waals surface area (Å²) in [7, 11) is 0. The smallest absolute Gasteiger partial charge is 0.475 e. The number of alkyl halides is 3. The van der Waals surface area contributed by atoms with Crippen LogP contribution in [0.5, 0.6) is 0 Å². The fourth-order valence-electron chi connectivity index (χ4n) is 5.08. The number of benzene rings is 1. The summed E-state index contributed by atoms with van der Waals surface area (Å²) in [4.78, 5) is 38.2. The molecule has 8 nitrogen and oxygen atoms in total. The van der Waals surface area contributed by atoms with Crippen LogP contribution in [-0.4, -0.2) is 77.8 Å². The first kappa shape index (κ1) is 27.8. The van der Waals surface area contributed by atoms with Crippen molar-refractivity contribution in [2.75, 3.05) is 38.0 Å². The first-order valence-electron chi connectivity index (χ1n) is 12.4. The molecule has 11 heteroatoms. The Morgan fingerprint density at radius 3 is 2.14 bits per heavy atom. The second-order valence-electron chi connectivity index (χ2n) is 10.3. The van der Waals surface area contributed by atoms with E-state index in [1.165, 1.54) is 6.42 Å². The minimum Gasteiger partial charge on any atom is -0.475 e. The number of nitrogens with one attached hydrogen (secondary N) is 2. The molecule has 0 aromatic heterocycles. The van der Waals surface area contributed by atoms with Gasteiger partial charge in [-0.25, -0.2) is 9.59 Å². The van der Waals surface area contributed by atoms with Crippen molar-refractivity contribution in [3.63, 3.8) is 0 Å². The van der Waals surface area contributed by atoms with E-state index in [1.807, 2.05) is 34.1 Å². The van der Waals surface area contributed by atoms with Crippen LogP contribution in [0.25, 0.3) is 0 Å². The normalized spacial score (nSPS) is 22.1. The Kier molecular flexibility index (Phi) is 8.86. The summed E-state index contributed by atoms with van der Waals surface area (Å²) in [6.45, 7) is 8.98. The number of halogens is 3. The molecule has 3 amide bonds. The number of urea groups is 1. The van der Waals surface area contributed by atoms with Gasteiger partial charge >= 0.3 is 18.2 Å². The molecule has 1 unspecified atom stereocenters. The minimum absolute atomic E-state index is 0.0631. The lowest BCUT2D eigenvalue weighted by Gasteiger charge is -2.51. The Morgan fingerprint density at radius 2 is 1.64 bits per heavy atom. The summed E-state index contributed by atoms with van der Waals surface area (Å²) in [6, 6.07) is 7.87. The molecule has 200 valence electrons. The lowest BCUT2D eigenvalue weighted by Crippen LogP contribution is -2.64. The third kappa shape index (κ3) is 7.11. The maximum Gasteiger partial charge on any atom is 0.490 e. The predicted molar refractivity (Wildman–Crippen MR) is 129 cm³/mol. The molecule has 0 saturated carbocycles. The van der Waals surface area contributed by atoms with Crippen molar-refractivity contribution in [2.24, 2.45) is 11.3 Å². The maximum atomic E-state index is 12.7. The van der Waals surface area contributed by atoms with Gasteiger partial charge in [0.25, 0.3) is 5.91 Å². The van der Waals surface area contributed by atoms with Gasteiger partial charge < -0.3 is 25.5 Å². The molecule has 0 aliphatic carbocycles.